The highest BCUT2D eigenvalue weighted by Crippen LogP contribution is 2.20. The lowest BCUT2D eigenvalue weighted by Crippen LogP contribution is -2.19. The molecule has 0 atom stereocenters. The summed E-state index contributed by atoms with van der Waals surface area (Å²) < 4.78 is 3.42. The number of oxime groups is 1. The van der Waals surface area contributed by atoms with Gasteiger partial charge in [-0.1, -0.05) is 19.0 Å². The zero-order chi connectivity index (χ0) is 15.0. The first-order chi connectivity index (χ1) is 10.1. The molecule has 0 radical (unpaired) electrons. The van der Waals surface area contributed by atoms with Gasteiger partial charge in [0.05, 0.1) is 5.69 Å². The lowest BCUT2D eigenvalue weighted by atomic mass is 10.1. The van der Waals surface area contributed by atoms with Crippen molar-refractivity contribution in [1.29, 1.82) is 0 Å². The molecular weight excluding hydrogens is 270 g/mol. The summed E-state index contributed by atoms with van der Waals surface area (Å²) in [7, 11) is 0. The Morgan fingerprint density at radius 2 is 2.05 bits per heavy atom. The van der Waals surface area contributed by atoms with Gasteiger partial charge in [-0.15, -0.1) is 0 Å². The van der Waals surface area contributed by atoms with E-state index in [2.05, 4.69) is 34.1 Å². The van der Waals surface area contributed by atoms with Gasteiger partial charge in [0.15, 0.2) is 11.6 Å². The van der Waals surface area contributed by atoms with Crippen molar-refractivity contribution in [3.8, 4) is 5.82 Å². The third kappa shape index (κ3) is 2.10. The van der Waals surface area contributed by atoms with Gasteiger partial charge in [-0.3, -0.25) is 4.57 Å². The molecule has 3 aromatic heterocycles. The van der Waals surface area contributed by atoms with Crippen LogP contribution < -0.4 is 5.73 Å². The minimum atomic E-state index is -0.0765. The molecule has 108 valence electrons. The second-order valence-electron chi connectivity index (χ2n) is 4.91. The molecule has 0 saturated heterocycles. The second kappa shape index (κ2) is 4.89. The maximum atomic E-state index is 8.84. The number of aromatic nitrogens is 5. The fraction of sp³-hybridized carbons (Fsp3) is 0.231. The molecule has 3 rings (SSSR count). The van der Waals surface area contributed by atoms with Crippen LogP contribution in [0, 0.1) is 0 Å². The minimum absolute atomic E-state index is 0.0765. The molecule has 0 aromatic carbocycles. The van der Waals surface area contributed by atoms with Crippen molar-refractivity contribution in [3.63, 3.8) is 0 Å². The van der Waals surface area contributed by atoms with Crippen LogP contribution in [0.15, 0.2) is 36.0 Å². The summed E-state index contributed by atoms with van der Waals surface area (Å²) in [4.78, 5) is 8.46. The first kappa shape index (κ1) is 13.1. The van der Waals surface area contributed by atoms with Crippen LogP contribution >= 0.6 is 0 Å². The van der Waals surface area contributed by atoms with E-state index >= 15 is 0 Å². The minimum Gasteiger partial charge on any atom is -0.409 e. The Labute approximate surface area is 120 Å². The highest BCUT2D eigenvalue weighted by molar-refractivity contribution is 5.94. The van der Waals surface area contributed by atoms with Crippen molar-refractivity contribution in [2.45, 2.75) is 19.8 Å². The molecule has 3 N–H and O–H groups in total. The fourth-order valence-corrected chi connectivity index (χ4v) is 2.10. The van der Waals surface area contributed by atoms with Crippen molar-refractivity contribution in [3.05, 3.63) is 42.4 Å². The third-order valence-electron chi connectivity index (χ3n) is 3.19. The van der Waals surface area contributed by atoms with Crippen LogP contribution in [0.5, 0.6) is 0 Å². The number of nitrogens with zero attached hydrogens (tertiary/aromatic N) is 6. The van der Waals surface area contributed by atoms with Crippen LogP contribution in [0.4, 0.5) is 0 Å². The van der Waals surface area contributed by atoms with Gasteiger partial charge < -0.3 is 10.9 Å². The molecular formula is C13H15N7O. The first-order valence-corrected chi connectivity index (χ1v) is 6.47. The van der Waals surface area contributed by atoms with Crippen molar-refractivity contribution in [2.75, 3.05) is 0 Å². The molecule has 3 heterocycles. The summed E-state index contributed by atoms with van der Waals surface area (Å²) in [5, 5.41) is 16.3. The Balaban J connectivity index is 2.24. The van der Waals surface area contributed by atoms with Crippen LogP contribution in [-0.4, -0.2) is 35.2 Å². The SMILES string of the molecule is CC(C)c1cc2c(-n3ccnc3/C(N)=N/O)nccn2n1. The average Bonchev–Trinajstić information content (AvgIpc) is 3.12. The summed E-state index contributed by atoms with van der Waals surface area (Å²) in [6.45, 7) is 4.15. The predicted octanol–water partition coefficient (Wildman–Crippen LogP) is 1.13. The molecule has 0 amide bonds. The zero-order valence-electron chi connectivity index (χ0n) is 11.7. The van der Waals surface area contributed by atoms with E-state index < -0.39 is 0 Å². The van der Waals surface area contributed by atoms with Gasteiger partial charge in [0.25, 0.3) is 0 Å². The summed E-state index contributed by atoms with van der Waals surface area (Å²) in [6.07, 6.45) is 6.70. The predicted molar refractivity (Wildman–Crippen MR) is 76.7 cm³/mol. The number of imidazole rings is 1. The number of amidine groups is 1. The van der Waals surface area contributed by atoms with Crippen molar-refractivity contribution >= 4 is 11.4 Å². The monoisotopic (exact) mass is 285 g/mol. The van der Waals surface area contributed by atoms with E-state index in [0.29, 0.717) is 17.6 Å². The van der Waals surface area contributed by atoms with E-state index in [9.17, 15) is 0 Å². The first-order valence-electron chi connectivity index (χ1n) is 6.47. The Morgan fingerprint density at radius 3 is 2.76 bits per heavy atom. The topological polar surface area (TPSA) is 107 Å². The number of hydrogen-bond donors (Lipinski definition) is 2. The summed E-state index contributed by atoms with van der Waals surface area (Å²) in [5.41, 5.74) is 7.43. The Hall–Kier alpha value is -2.90. The molecule has 0 unspecified atom stereocenters. The van der Waals surface area contributed by atoms with Crippen molar-refractivity contribution in [1.82, 2.24) is 24.1 Å². The van der Waals surface area contributed by atoms with Gasteiger partial charge in [-0.2, -0.15) is 5.10 Å². The van der Waals surface area contributed by atoms with E-state index in [1.54, 1.807) is 33.9 Å². The highest BCUT2D eigenvalue weighted by atomic mass is 16.4. The van der Waals surface area contributed by atoms with Crippen LogP contribution in [0.2, 0.25) is 0 Å². The van der Waals surface area contributed by atoms with E-state index in [1.807, 2.05) is 6.07 Å². The van der Waals surface area contributed by atoms with Gasteiger partial charge >= 0.3 is 0 Å². The normalized spacial score (nSPS) is 12.4. The van der Waals surface area contributed by atoms with Gasteiger partial charge in [-0.05, 0) is 12.0 Å². The van der Waals surface area contributed by atoms with Crippen LogP contribution in [-0.2, 0) is 0 Å². The number of fused-ring (bicyclic) bond motifs is 1. The lowest BCUT2D eigenvalue weighted by molar-refractivity contribution is 0.318. The van der Waals surface area contributed by atoms with Crippen molar-refractivity contribution < 1.29 is 5.21 Å². The van der Waals surface area contributed by atoms with Crippen LogP contribution in [0.25, 0.3) is 11.3 Å². The average molecular weight is 285 g/mol. The second-order valence-corrected chi connectivity index (χ2v) is 4.91. The van der Waals surface area contributed by atoms with E-state index in [0.717, 1.165) is 11.2 Å². The number of hydrogen-bond acceptors (Lipinski definition) is 5. The molecule has 0 aliphatic carbocycles. The summed E-state index contributed by atoms with van der Waals surface area (Å²) in [5.74, 6) is 1.18. The maximum absolute atomic E-state index is 8.84. The van der Waals surface area contributed by atoms with Gasteiger partial charge in [0.1, 0.15) is 5.52 Å². The summed E-state index contributed by atoms with van der Waals surface area (Å²) >= 11 is 0. The maximum Gasteiger partial charge on any atom is 0.206 e. The molecule has 0 spiro atoms. The molecule has 8 nitrogen and oxygen atoms in total. The smallest absolute Gasteiger partial charge is 0.206 e. The Bertz CT molecular complexity index is 815. The molecule has 3 aromatic rings. The standard InChI is InChI=1S/C13H15N7O/c1-8(2)9-7-10-12(15-4-6-20(10)17-9)19-5-3-16-13(19)11(14)18-21/h3-8,21H,1-2H3,(H2,14,18). The zero-order valence-corrected chi connectivity index (χ0v) is 11.7. The van der Waals surface area contributed by atoms with Crippen LogP contribution in [0.1, 0.15) is 31.3 Å². The molecule has 21 heavy (non-hydrogen) atoms. The molecule has 0 fully saturated rings. The Morgan fingerprint density at radius 1 is 1.29 bits per heavy atom. The lowest BCUT2D eigenvalue weighted by Gasteiger charge is -2.06. The molecule has 0 aliphatic heterocycles. The largest absolute Gasteiger partial charge is 0.409 e. The Kier molecular flexibility index (Phi) is 3.05. The fourth-order valence-electron chi connectivity index (χ4n) is 2.10. The van der Waals surface area contributed by atoms with Gasteiger partial charge in [0, 0.05) is 24.8 Å². The molecule has 0 saturated carbocycles. The highest BCUT2D eigenvalue weighted by Gasteiger charge is 2.15. The van der Waals surface area contributed by atoms with E-state index in [1.165, 1.54) is 0 Å². The molecule has 8 heteroatoms. The molecule has 0 bridgehead atoms. The van der Waals surface area contributed by atoms with Gasteiger partial charge in [-0.25, -0.2) is 14.5 Å². The quantitative estimate of drug-likeness (QED) is 0.325. The summed E-state index contributed by atoms with van der Waals surface area (Å²) in [6, 6.07) is 1.98. The number of rotatable bonds is 3. The molecule has 0 aliphatic rings. The third-order valence-corrected chi connectivity index (χ3v) is 3.19. The van der Waals surface area contributed by atoms with Crippen LogP contribution in [0.3, 0.4) is 0 Å². The van der Waals surface area contributed by atoms with Gasteiger partial charge in [0.2, 0.25) is 5.84 Å². The van der Waals surface area contributed by atoms with Crippen molar-refractivity contribution in [2.24, 2.45) is 10.9 Å². The van der Waals surface area contributed by atoms with E-state index in [4.69, 9.17) is 10.9 Å². The number of nitrogens with two attached hydrogens (primary N) is 1. The van der Waals surface area contributed by atoms with E-state index in [-0.39, 0.29) is 5.84 Å².